The van der Waals surface area contributed by atoms with Crippen LogP contribution in [-0.2, 0) is 11.2 Å². The highest BCUT2D eigenvalue weighted by Crippen LogP contribution is 2.38. The number of rotatable bonds is 5. The zero-order chi connectivity index (χ0) is 14.6. The maximum atomic E-state index is 12.4. The molecule has 20 heavy (non-hydrogen) atoms. The second-order valence-electron chi connectivity index (χ2n) is 6.58. The summed E-state index contributed by atoms with van der Waals surface area (Å²) in [5.41, 5.74) is 9.75. The van der Waals surface area contributed by atoms with E-state index >= 15 is 0 Å². The van der Waals surface area contributed by atoms with Crippen LogP contribution in [0.15, 0.2) is 18.2 Å². The molecule has 1 aromatic carbocycles. The molecule has 0 aromatic heterocycles. The molecule has 1 fully saturated rings. The van der Waals surface area contributed by atoms with Crippen molar-refractivity contribution in [2.45, 2.75) is 58.8 Å². The summed E-state index contributed by atoms with van der Waals surface area (Å²) in [6.45, 7) is 4.86. The van der Waals surface area contributed by atoms with Crippen LogP contribution in [0.4, 0.5) is 0 Å². The van der Waals surface area contributed by atoms with E-state index in [-0.39, 0.29) is 5.41 Å². The summed E-state index contributed by atoms with van der Waals surface area (Å²) in [5, 5.41) is 0. The number of hydrogen-bond donors (Lipinski definition) is 1. The predicted molar refractivity (Wildman–Crippen MR) is 83.8 cm³/mol. The van der Waals surface area contributed by atoms with Gasteiger partial charge in [-0.25, -0.2) is 0 Å². The number of aryl methyl sites for hydroxylation is 2. The second-order valence-corrected chi connectivity index (χ2v) is 6.58. The first kappa shape index (κ1) is 15.2. The molecule has 110 valence electrons. The lowest BCUT2D eigenvalue weighted by Crippen LogP contribution is -2.35. The Morgan fingerprint density at radius 3 is 2.45 bits per heavy atom. The third-order valence-corrected chi connectivity index (χ3v) is 4.89. The highest BCUT2D eigenvalue weighted by molar-refractivity contribution is 5.81. The first-order valence-electron chi connectivity index (χ1n) is 7.83. The fourth-order valence-electron chi connectivity index (χ4n) is 3.38. The van der Waals surface area contributed by atoms with Crippen molar-refractivity contribution >= 4 is 5.78 Å². The van der Waals surface area contributed by atoms with Crippen LogP contribution in [-0.4, -0.2) is 12.3 Å². The van der Waals surface area contributed by atoms with Crippen LogP contribution in [0.1, 0.15) is 55.2 Å². The Kier molecular flexibility index (Phi) is 4.98. The molecule has 0 bridgehead atoms. The van der Waals surface area contributed by atoms with E-state index in [2.05, 4.69) is 32.0 Å². The van der Waals surface area contributed by atoms with Crippen LogP contribution in [0, 0.1) is 19.3 Å². The van der Waals surface area contributed by atoms with Gasteiger partial charge in [-0.15, -0.1) is 0 Å². The molecule has 2 heteroatoms. The van der Waals surface area contributed by atoms with E-state index in [0.717, 1.165) is 18.4 Å². The molecule has 1 saturated carbocycles. The lowest BCUT2D eigenvalue weighted by Gasteiger charge is -2.35. The third-order valence-electron chi connectivity index (χ3n) is 4.89. The molecule has 1 aliphatic carbocycles. The van der Waals surface area contributed by atoms with Crippen LogP contribution in [0.3, 0.4) is 0 Å². The Morgan fingerprint density at radius 1 is 1.15 bits per heavy atom. The zero-order valence-electron chi connectivity index (χ0n) is 12.9. The van der Waals surface area contributed by atoms with Crippen LogP contribution >= 0.6 is 0 Å². The molecule has 2 nitrogen and oxygen atoms in total. The van der Waals surface area contributed by atoms with Gasteiger partial charge in [0.25, 0.3) is 0 Å². The smallest absolute Gasteiger partial charge is 0.137 e. The van der Waals surface area contributed by atoms with Crippen molar-refractivity contribution in [2.24, 2.45) is 11.1 Å². The van der Waals surface area contributed by atoms with Crippen molar-refractivity contribution < 1.29 is 4.79 Å². The van der Waals surface area contributed by atoms with Crippen LogP contribution in [0.5, 0.6) is 0 Å². The van der Waals surface area contributed by atoms with Crippen molar-refractivity contribution in [1.82, 2.24) is 0 Å². The van der Waals surface area contributed by atoms with E-state index in [1.165, 1.54) is 30.4 Å². The standard InChI is InChI=1S/C18H27NO/c1-14-6-7-16(10-15(14)2)11-17(20)12-18(13-19)8-4-3-5-9-18/h6-7,10H,3-5,8-9,11-13,19H2,1-2H3. The Hall–Kier alpha value is -1.15. The number of carbonyl (C=O) groups is 1. The fraction of sp³-hybridized carbons (Fsp3) is 0.611. The maximum absolute atomic E-state index is 12.4. The van der Waals surface area contributed by atoms with Crippen molar-refractivity contribution in [3.8, 4) is 0 Å². The van der Waals surface area contributed by atoms with Crippen LogP contribution in [0.2, 0.25) is 0 Å². The number of Topliss-reactive ketones (excluding diaryl/α,β-unsaturated/α-hetero) is 1. The van der Waals surface area contributed by atoms with E-state index in [1.54, 1.807) is 0 Å². The molecule has 0 heterocycles. The fourth-order valence-corrected chi connectivity index (χ4v) is 3.38. The molecule has 1 aromatic rings. The Balaban J connectivity index is 1.98. The number of nitrogens with two attached hydrogens (primary N) is 1. The van der Waals surface area contributed by atoms with E-state index in [0.29, 0.717) is 25.2 Å². The molecule has 0 atom stereocenters. The largest absolute Gasteiger partial charge is 0.330 e. The summed E-state index contributed by atoms with van der Waals surface area (Å²) >= 11 is 0. The summed E-state index contributed by atoms with van der Waals surface area (Å²) in [4.78, 5) is 12.4. The van der Waals surface area contributed by atoms with Gasteiger partial charge in [0.15, 0.2) is 0 Å². The van der Waals surface area contributed by atoms with Crippen molar-refractivity contribution in [3.05, 3.63) is 34.9 Å². The molecule has 0 radical (unpaired) electrons. The van der Waals surface area contributed by atoms with Gasteiger partial charge in [0.1, 0.15) is 5.78 Å². The van der Waals surface area contributed by atoms with Gasteiger partial charge < -0.3 is 5.73 Å². The van der Waals surface area contributed by atoms with Crippen LogP contribution in [0.25, 0.3) is 0 Å². The third kappa shape index (κ3) is 3.69. The maximum Gasteiger partial charge on any atom is 0.137 e. The minimum absolute atomic E-state index is 0.0923. The van der Waals surface area contributed by atoms with Gasteiger partial charge >= 0.3 is 0 Å². The molecule has 0 aliphatic heterocycles. The molecule has 1 aliphatic rings. The first-order chi connectivity index (χ1) is 9.54. The molecule has 2 rings (SSSR count). The van der Waals surface area contributed by atoms with E-state index < -0.39 is 0 Å². The molecule has 0 unspecified atom stereocenters. The van der Waals surface area contributed by atoms with Crippen molar-refractivity contribution in [1.29, 1.82) is 0 Å². The topological polar surface area (TPSA) is 43.1 Å². The van der Waals surface area contributed by atoms with E-state index in [9.17, 15) is 4.79 Å². The van der Waals surface area contributed by atoms with E-state index in [4.69, 9.17) is 5.73 Å². The average Bonchev–Trinajstić information content (AvgIpc) is 2.44. The highest BCUT2D eigenvalue weighted by Gasteiger charge is 2.32. The first-order valence-corrected chi connectivity index (χ1v) is 7.83. The number of hydrogen-bond acceptors (Lipinski definition) is 2. The molecular formula is C18H27NO. The van der Waals surface area contributed by atoms with Gasteiger partial charge in [0, 0.05) is 12.8 Å². The van der Waals surface area contributed by atoms with Crippen molar-refractivity contribution in [3.63, 3.8) is 0 Å². The quantitative estimate of drug-likeness (QED) is 0.888. The van der Waals surface area contributed by atoms with Crippen LogP contribution < -0.4 is 5.73 Å². The molecule has 0 saturated heterocycles. The number of ketones is 1. The highest BCUT2D eigenvalue weighted by atomic mass is 16.1. The lowest BCUT2D eigenvalue weighted by molar-refractivity contribution is -0.121. The second kappa shape index (κ2) is 6.53. The minimum Gasteiger partial charge on any atom is -0.330 e. The van der Waals surface area contributed by atoms with Crippen molar-refractivity contribution in [2.75, 3.05) is 6.54 Å². The monoisotopic (exact) mass is 273 g/mol. The summed E-state index contributed by atoms with van der Waals surface area (Å²) < 4.78 is 0. The van der Waals surface area contributed by atoms with Gasteiger partial charge in [-0.1, -0.05) is 37.5 Å². The molecular weight excluding hydrogens is 246 g/mol. The minimum atomic E-state index is 0.0923. The Morgan fingerprint density at radius 2 is 1.85 bits per heavy atom. The normalized spacial score (nSPS) is 17.9. The Labute approximate surface area is 122 Å². The number of benzene rings is 1. The molecule has 0 amide bonds. The summed E-state index contributed by atoms with van der Waals surface area (Å²) in [6.07, 6.45) is 7.24. The summed E-state index contributed by atoms with van der Waals surface area (Å²) in [5.74, 6) is 0.348. The average molecular weight is 273 g/mol. The van der Waals surface area contributed by atoms with Gasteiger partial charge in [0.05, 0.1) is 0 Å². The summed E-state index contributed by atoms with van der Waals surface area (Å²) in [7, 11) is 0. The van der Waals surface area contributed by atoms with E-state index in [1.807, 2.05) is 0 Å². The van der Waals surface area contributed by atoms with Gasteiger partial charge in [-0.2, -0.15) is 0 Å². The number of carbonyl (C=O) groups excluding carboxylic acids is 1. The van der Waals surface area contributed by atoms with Gasteiger partial charge in [-0.3, -0.25) is 4.79 Å². The summed E-state index contributed by atoms with van der Waals surface area (Å²) in [6, 6.07) is 6.33. The predicted octanol–water partition coefficient (Wildman–Crippen LogP) is 3.71. The zero-order valence-corrected chi connectivity index (χ0v) is 12.9. The van der Waals surface area contributed by atoms with Gasteiger partial charge in [0.2, 0.25) is 0 Å². The van der Waals surface area contributed by atoms with Gasteiger partial charge in [-0.05, 0) is 55.3 Å². The lowest BCUT2D eigenvalue weighted by atomic mass is 9.70. The SMILES string of the molecule is Cc1ccc(CC(=O)CC2(CN)CCCCC2)cc1C. The Bertz CT molecular complexity index is 472. The molecule has 2 N–H and O–H groups in total. The molecule has 0 spiro atoms.